The summed E-state index contributed by atoms with van der Waals surface area (Å²) < 4.78 is 0. The molecule has 0 radical (unpaired) electrons. The van der Waals surface area contributed by atoms with Gasteiger partial charge in [-0.25, -0.2) is 0 Å². The van der Waals surface area contributed by atoms with Gasteiger partial charge in [0.1, 0.15) is 0 Å². The third kappa shape index (κ3) is 0.834. The molecule has 1 heteroatoms. The van der Waals surface area contributed by atoms with Crippen molar-refractivity contribution in [1.29, 1.82) is 0 Å². The highest BCUT2D eigenvalue weighted by Crippen LogP contribution is 2.65. The van der Waals surface area contributed by atoms with E-state index in [1.807, 2.05) is 0 Å². The lowest BCUT2D eigenvalue weighted by molar-refractivity contribution is 0.0817. The van der Waals surface area contributed by atoms with E-state index in [4.69, 9.17) is 5.73 Å². The van der Waals surface area contributed by atoms with Crippen LogP contribution in [0, 0.1) is 22.7 Å². The molecule has 0 heterocycles. The average molecular weight is 167 g/mol. The van der Waals surface area contributed by atoms with Gasteiger partial charge in [0.2, 0.25) is 0 Å². The molecular formula is C11H21N. The van der Waals surface area contributed by atoms with Crippen LogP contribution in [0.25, 0.3) is 0 Å². The van der Waals surface area contributed by atoms with Crippen molar-refractivity contribution >= 4 is 0 Å². The molecule has 0 aliphatic heterocycles. The molecule has 0 amide bonds. The molecule has 12 heavy (non-hydrogen) atoms. The van der Waals surface area contributed by atoms with Gasteiger partial charge in [0, 0.05) is 0 Å². The molecule has 2 N–H and O–H groups in total. The molecule has 0 spiro atoms. The maximum atomic E-state index is 5.88. The van der Waals surface area contributed by atoms with E-state index in [2.05, 4.69) is 20.8 Å². The van der Waals surface area contributed by atoms with Crippen molar-refractivity contribution in [2.75, 3.05) is 6.54 Å². The Balaban J connectivity index is 2.31. The van der Waals surface area contributed by atoms with Crippen molar-refractivity contribution in [1.82, 2.24) is 0 Å². The standard InChI is InChI=1S/C11H21N/c1-10(2)8-4-5-11(3,6-8)9(10)7-12/h8-9H,4-7,12H2,1-3H3/t8-,9-,11+/m1/s1. The molecule has 1 nitrogen and oxygen atoms in total. The zero-order chi connectivity index (χ0) is 8.98. The molecule has 0 unspecified atom stereocenters. The highest BCUT2D eigenvalue weighted by Gasteiger charge is 2.58. The minimum atomic E-state index is 0.516. The number of fused-ring (bicyclic) bond motifs is 2. The Labute approximate surface area is 75.7 Å². The molecule has 2 rings (SSSR count). The van der Waals surface area contributed by atoms with E-state index in [9.17, 15) is 0 Å². The maximum Gasteiger partial charge on any atom is -0.00384 e. The van der Waals surface area contributed by atoms with E-state index < -0.39 is 0 Å². The zero-order valence-corrected chi connectivity index (χ0v) is 8.56. The van der Waals surface area contributed by atoms with Crippen LogP contribution in [-0.4, -0.2) is 6.54 Å². The van der Waals surface area contributed by atoms with Gasteiger partial charge in [0.05, 0.1) is 0 Å². The summed E-state index contributed by atoms with van der Waals surface area (Å²) in [5.41, 5.74) is 6.98. The minimum absolute atomic E-state index is 0.516. The van der Waals surface area contributed by atoms with E-state index in [1.165, 1.54) is 19.3 Å². The van der Waals surface area contributed by atoms with Gasteiger partial charge < -0.3 is 5.73 Å². The molecule has 0 aromatic heterocycles. The van der Waals surface area contributed by atoms with Gasteiger partial charge in [-0.2, -0.15) is 0 Å². The molecule has 2 bridgehead atoms. The van der Waals surface area contributed by atoms with Crippen LogP contribution >= 0.6 is 0 Å². The highest BCUT2D eigenvalue weighted by atomic mass is 14.7. The monoisotopic (exact) mass is 167 g/mol. The van der Waals surface area contributed by atoms with E-state index >= 15 is 0 Å². The van der Waals surface area contributed by atoms with E-state index in [0.717, 1.165) is 18.4 Å². The fourth-order valence-corrected chi connectivity index (χ4v) is 3.99. The predicted octanol–water partition coefficient (Wildman–Crippen LogP) is 2.41. The van der Waals surface area contributed by atoms with Crippen molar-refractivity contribution in [2.45, 2.75) is 40.0 Å². The first kappa shape index (κ1) is 8.55. The molecule has 2 aliphatic rings. The number of hydrogen-bond donors (Lipinski definition) is 1. The van der Waals surface area contributed by atoms with Crippen LogP contribution in [-0.2, 0) is 0 Å². The summed E-state index contributed by atoms with van der Waals surface area (Å²) in [6.07, 6.45) is 4.30. The summed E-state index contributed by atoms with van der Waals surface area (Å²) in [5.74, 6) is 1.72. The second-order valence-electron chi connectivity index (χ2n) is 5.70. The first-order chi connectivity index (χ1) is 5.50. The van der Waals surface area contributed by atoms with Gasteiger partial charge in [0.15, 0.2) is 0 Å². The Bertz CT molecular complexity index is 192. The smallest absolute Gasteiger partial charge is 0.00384 e. The second kappa shape index (κ2) is 2.25. The van der Waals surface area contributed by atoms with E-state index in [0.29, 0.717) is 10.8 Å². The number of rotatable bonds is 1. The molecule has 3 atom stereocenters. The normalized spacial score (nSPS) is 50.0. The Morgan fingerprint density at radius 3 is 2.33 bits per heavy atom. The number of hydrogen-bond acceptors (Lipinski definition) is 1. The summed E-state index contributed by atoms with van der Waals surface area (Å²) in [4.78, 5) is 0. The average Bonchev–Trinajstić information content (AvgIpc) is 2.39. The summed E-state index contributed by atoms with van der Waals surface area (Å²) in [5, 5.41) is 0. The lowest BCUT2D eigenvalue weighted by Gasteiger charge is -2.42. The number of nitrogens with two attached hydrogens (primary N) is 1. The van der Waals surface area contributed by atoms with Crippen LogP contribution in [0.15, 0.2) is 0 Å². The molecule has 2 aliphatic carbocycles. The van der Waals surface area contributed by atoms with Crippen molar-refractivity contribution in [3.63, 3.8) is 0 Å². The maximum absolute atomic E-state index is 5.88. The van der Waals surface area contributed by atoms with Crippen molar-refractivity contribution < 1.29 is 0 Å². The van der Waals surface area contributed by atoms with Crippen molar-refractivity contribution in [3.05, 3.63) is 0 Å². The fraction of sp³-hybridized carbons (Fsp3) is 1.00. The van der Waals surface area contributed by atoms with E-state index in [1.54, 1.807) is 0 Å². The van der Waals surface area contributed by atoms with E-state index in [-0.39, 0.29) is 0 Å². The molecule has 2 saturated carbocycles. The van der Waals surface area contributed by atoms with Crippen LogP contribution in [0.1, 0.15) is 40.0 Å². The Kier molecular flexibility index (Phi) is 1.61. The Morgan fingerprint density at radius 2 is 2.00 bits per heavy atom. The molecular weight excluding hydrogens is 146 g/mol. The van der Waals surface area contributed by atoms with Crippen molar-refractivity contribution in [2.24, 2.45) is 28.4 Å². The molecule has 70 valence electrons. The van der Waals surface area contributed by atoms with Gasteiger partial charge in [-0.05, 0) is 48.5 Å². The summed E-state index contributed by atoms with van der Waals surface area (Å²) >= 11 is 0. The van der Waals surface area contributed by atoms with Gasteiger partial charge in [-0.15, -0.1) is 0 Å². The first-order valence-electron chi connectivity index (χ1n) is 5.21. The fourth-order valence-electron chi connectivity index (χ4n) is 3.99. The SMILES string of the molecule is CC1(C)[C@@H]2CC[C@@](C)(C2)[C@@H]1CN. The lowest BCUT2D eigenvalue weighted by atomic mass is 9.64. The molecule has 0 saturated heterocycles. The minimum Gasteiger partial charge on any atom is -0.330 e. The van der Waals surface area contributed by atoms with Crippen LogP contribution < -0.4 is 5.73 Å². The lowest BCUT2D eigenvalue weighted by Crippen LogP contribution is -2.39. The summed E-state index contributed by atoms with van der Waals surface area (Å²) in [6.45, 7) is 8.17. The Morgan fingerprint density at radius 1 is 1.33 bits per heavy atom. The van der Waals surface area contributed by atoms with Crippen LogP contribution in [0.4, 0.5) is 0 Å². The molecule has 0 aromatic carbocycles. The molecule has 2 fully saturated rings. The second-order valence-corrected chi connectivity index (χ2v) is 5.70. The topological polar surface area (TPSA) is 26.0 Å². The summed E-state index contributed by atoms with van der Waals surface area (Å²) in [6, 6.07) is 0. The van der Waals surface area contributed by atoms with Gasteiger partial charge >= 0.3 is 0 Å². The quantitative estimate of drug-likeness (QED) is 0.637. The van der Waals surface area contributed by atoms with Crippen molar-refractivity contribution in [3.8, 4) is 0 Å². The third-order valence-electron chi connectivity index (χ3n) is 4.80. The first-order valence-corrected chi connectivity index (χ1v) is 5.21. The largest absolute Gasteiger partial charge is 0.330 e. The Hall–Kier alpha value is -0.0400. The van der Waals surface area contributed by atoms with Crippen LogP contribution in [0.2, 0.25) is 0 Å². The van der Waals surface area contributed by atoms with Crippen LogP contribution in [0.3, 0.4) is 0 Å². The summed E-state index contributed by atoms with van der Waals surface area (Å²) in [7, 11) is 0. The predicted molar refractivity (Wildman–Crippen MR) is 51.8 cm³/mol. The molecule has 0 aromatic rings. The highest BCUT2D eigenvalue weighted by molar-refractivity contribution is 5.08. The van der Waals surface area contributed by atoms with Gasteiger partial charge in [0.25, 0.3) is 0 Å². The van der Waals surface area contributed by atoms with Crippen LogP contribution in [0.5, 0.6) is 0 Å². The van der Waals surface area contributed by atoms with Gasteiger partial charge in [-0.3, -0.25) is 0 Å². The zero-order valence-electron chi connectivity index (χ0n) is 8.56. The third-order valence-corrected chi connectivity index (χ3v) is 4.80. The van der Waals surface area contributed by atoms with Gasteiger partial charge in [-0.1, -0.05) is 20.8 Å².